The van der Waals surface area contributed by atoms with E-state index in [1.165, 1.54) is 4.68 Å². The van der Waals surface area contributed by atoms with Gasteiger partial charge in [0.2, 0.25) is 0 Å². The van der Waals surface area contributed by atoms with Crippen LogP contribution in [0.3, 0.4) is 0 Å². The Hall–Kier alpha value is -3.48. The highest BCUT2D eigenvalue weighted by Crippen LogP contribution is 2.22. The van der Waals surface area contributed by atoms with Gasteiger partial charge in [-0.25, -0.2) is 4.68 Å². The largest absolute Gasteiger partial charge is 0.339 e. The lowest BCUT2D eigenvalue weighted by Crippen LogP contribution is -2.30. The molecule has 0 bridgehead atoms. The fourth-order valence-corrected chi connectivity index (χ4v) is 3.82. The van der Waals surface area contributed by atoms with Crippen molar-refractivity contribution < 1.29 is 9.59 Å². The van der Waals surface area contributed by atoms with Gasteiger partial charge in [-0.3, -0.25) is 14.4 Å². The minimum absolute atomic E-state index is 0.0860. The summed E-state index contributed by atoms with van der Waals surface area (Å²) in [5.41, 5.74) is 0.855. The number of carbonyl (C=O) groups is 2. The zero-order chi connectivity index (χ0) is 21.1. The third-order valence-corrected chi connectivity index (χ3v) is 5.32. The van der Waals surface area contributed by atoms with E-state index in [0.717, 1.165) is 32.4 Å². The minimum Gasteiger partial charge on any atom is -0.339 e. The SMILES string of the molecule is CCCn1nc(C(=O)Nc2ccccc2C(=O)N2CCCC2)c2ccccc2c1=O. The number of likely N-dealkylation sites (tertiary alicyclic amines) is 1. The summed E-state index contributed by atoms with van der Waals surface area (Å²) in [7, 11) is 0. The number of aromatic nitrogens is 2. The number of aryl methyl sites for hydroxylation is 1. The summed E-state index contributed by atoms with van der Waals surface area (Å²) in [5.74, 6) is -0.533. The molecule has 7 heteroatoms. The Balaban J connectivity index is 1.72. The van der Waals surface area contributed by atoms with Crippen LogP contribution >= 0.6 is 0 Å². The van der Waals surface area contributed by atoms with E-state index in [-0.39, 0.29) is 17.2 Å². The molecule has 30 heavy (non-hydrogen) atoms. The van der Waals surface area contributed by atoms with Gasteiger partial charge in [0.05, 0.1) is 16.6 Å². The lowest BCUT2D eigenvalue weighted by atomic mass is 10.1. The topological polar surface area (TPSA) is 84.3 Å². The zero-order valence-electron chi connectivity index (χ0n) is 16.9. The van der Waals surface area contributed by atoms with E-state index in [1.54, 1.807) is 53.4 Å². The predicted octanol–water partition coefficient (Wildman–Crippen LogP) is 3.29. The first-order valence-corrected chi connectivity index (χ1v) is 10.3. The summed E-state index contributed by atoms with van der Waals surface area (Å²) < 4.78 is 1.33. The molecule has 2 amide bonds. The second-order valence-electron chi connectivity index (χ2n) is 7.42. The Morgan fingerprint density at radius 3 is 2.40 bits per heavy atom. The summed E-state index contributed by atoms with van der Waals surface area (Å²) in [5, 5.41) is 8.13. The maximum absolute atomic E-state index is 13.2. The number of para-hydroxylation sites is 1. The van der Waals surface area contributed by atoms with E-state index in [0.29, 0.717) is 28.6 Å². The summed E-state index contributed by atoms with van der Waals surface area (Å²) in [6, 6.07) is 14.0. The van der Waals surface area contributed by atoms with Crippen LogP contribution in [0.1, 0.15) is 47.0 Å². The smallest absolute Gasteiger partial charge is 0.276 e. The number of anilines is 1. The van der Waals surface area contributed by atoms with Crippen molar-refractivity contribution in [1.29, 1.82) is 0 Å². The Morgan fingerprint density at radius 2 is 1.67 bits per heavy atom. The first kappa shape index (κ1) is 19.8. The second-order valence-corrected chi connectivity index (χ2v) is 7.42. The fourth-order valence-electron chi connectivity index (χ4n) is 3.82. The molecule has 1 saturated heterocycles. The van der Waals surface area contributed by atoms with Crippen molar-refractivity contribution in [3.05, 3.63) is 70.1 Å². The molecule has 0 atom stereocenters. The molecule has 1 aliphatic heterocycles. The number of benzene rings is 2. The fraction of sp³-hybridized carbons (Fsp3) is 0.304. The molecule has 1 fully saturated rings. The summed E-state index contributed by atoms with van der Waals surface area (Å²) in [6.45, 7) is 3.84. The number of rotatable bonds is 5. The van der Waals surface area contributed by atoms with Crippen molar-refractivity contribution in [2.45, 2.75) is 32.7 Å². The highest BCUT2D eigenvalue weighted by atomic mass is 16.2. The highest BCUT2D eigenvalue weighted by Gasteiger charge is 2.23. The molecule has 0 unspecified atom stereocenters. The summed E-state index contributed by atoms with van der Waals surface area (Å²) >= 11 is 0. The third kappa shape index (κ3) is 3.70. The minimum atomic E-state index is -0.447. The molecule has 0 radical (unpaired) electrons. The van der Waals surface area contributed by atoms with E-state index in [1.807, 2.05) is 6.92 Å². The molecule has 2 aromatic carbocycles. The number of nitrogens with zero attached hydrogens (tertiary/aromatic N) is 3. The maximum Gasteiger partial charge on any atom is 0.276 e. The standard InChI is InChI=1S/C23H24N4O3/c1-2-13-27-23(30)17-10-4-3-9-16(17)20(25-27)21(28)24-19-12-6-5-11-18(19)22(29)26-14-7-8-15-26/h3-6,9-12H,2,7-8,13-15H2,1H3,(H,24,28). The van der Waals surface area contributed by atoms with Crippen molar-refractivity contribution >= 4 is 28.3 Å². The Kier molecular flexibility index (Phi) is 5.61. The molecule has 1 aromatic heterocycles. The van der Waals surface area contributed by atoms with E-state index >= 15 is 0 Å². The van der Waals surface area contributed by atoms with Gasteiger partial charge < -0.3 is 10.2 Å². The maximum atomic E-state index is 13.2. The Labute approximate surface area is 174 Å². The van der Waals surface area contributed by atoms with Crippen LogP contribution < -0.4 is 10.9 Å². The molecule has 1 aliphatic rings. The summed E-state index contributed by atoms with van der Waals surface area (Å²) in [6.07, 6.45) is 2.71. The van der Waals surface area contributed by atoms with Gasteiger partial charge in [-0.1, -0.05) is 37.3 Å². The van der Waals surface area contributed by atoms with E-state index < -0.39 is 5.91 Å². The van der Waals surface area contributed by atoms with E-state index in [4.69, 9.17) is 0 Å². The third-order valence-electron chi connectivity index (χ3n) is 5.32. The average Bonchev–Trinajstić information content (AvgIpc) is 3.31. The molecule has 3 aromatic rings. The second kappa shape index (κ2) is 8.49. The zero-order valence-corrected chi connectivity index (χ0v) is 16.9. The van der Waals surface area contributed by atoms with Gasteiger partial charge in [0.1, 0.15) is 0 Å². The number of fused-ring (bicyclic) bond motifs is 1. The first-order chi connectivity index (χ1) is 14.6. The van der Waals surface area contributed by atoms with Crippen LogP contribution in [0.25, 0.3) is 10.8 Å². The van der Waals surface area contributed by atoms with Crippen LogP contribution in [-0.2, 0) is 6.54 Å². The number of hydrogen-bond acceptors (Lipinski definition) is 4. The van der Waals surface area contributed by atoms with Gasteiger partial charge in [0.15, 0.2) is 5.69 Å². The van der Waals surface area contributed by atoms with Crippen molar-refractivity contribution in [3.63, 3.8) is 0 Å². The van der Waals surface area contributed by atoms with Crippen LogP contribution in [0, 0.1) is 0 Å². The van der Waals surface area contributed by atoms with Crippen LogP contribution in [-0.4, -0.2) is 39.6 Å². The van der Waals surface area contributed by atoms with Gasteiger partial charge in [0.25, 0.3) is 17.4 Å². The molecular weight excluding hydrogens is 380 g/mol. The van der Waals surface area contributed by atoms with Crippen molar-refractivity contribution in [2.75, 3.05) is 18.4 Å². The average molecular weight is 404 g/mol. The van der Waals surface area contributed by atoms with E-state index in [9.17, 15) is 14.4 Å². The molecule has 0 saturated carbocycles. The van der Waals surface area contributed by atoms with Crippen LogP contribution in [0.5, 0.6) is 0 Å². The lowest BCUT2D eigenvalue weighted by Gasteiger charge is -2.18. The van der Waals surface area contributed by atoms with E-state index in [2.05, 4.69) is 10.4 Å². The molecule has 7 nitrogen and oxygen atoms in total. The molecule has 0 aliphatic carbocycles. The number of carbonyl (C=O) groups excluding carboxylic acids is 2. The molecule has 2 heterocycles. The Bertz CT molecular complexity index is 1160. The normalized spacial score (nSPS) is 13.6. The highest BCUT2D eigenvalue weighted by molar-refractivity contribution is 6.13. The van der Waals surface area contributed by atoms with Crippen molar-refractivity contribution in [3.8, 4) is 0 Å². The number of nitrogens with one attached hydrogen (secondary N) is 1. The van der Waals surface area contributed by atoms with Crippen molar-refractivity contribution in [1.82, 2.24) is 14.7 Å². The van der Waals surface area contributed by atoms with Crippen LogP contribution in [0.2, 0.25) is 0 Å². The molecular formula is C23H24N4O3. The quantitative estimate of drug-likeness (QED) is 0.707. The van der Waals surface area contributed by atoms with Gasteiger partial charge >= 0.3 is 0 Å². The number of hydrogen-bond donors (Lipinski definition) is 1. The van der Waals surface area contributed by atoms with Gasteiger partial charge in [-0.05, 0) is 37.5 Å². The Morgan fingerprint density at radius 1 is 1.00 bits per heavy atom. The van der Waals surface area contributed by atoms with Crippen LogP contribution in [0.15, 0.2) is 53.3 Å². The molecule has 0 spiro atoms. The monoisotopic (exact) mass is 404 g/mol. The molecule has 1 N–H and O–H groups in total. The van der Waals surface area contributed by atoms with Gasteiger partial charge in [-0.15, -0.1) is 0 Å². The van der Waals surface area contributed by atoms with Gasteiger partial charge in [-0.2, -0.15) is 5.10 Å². The predicted molar refractivity (Wildman–Crippen MR) is 116 cm³/mol. The van der Waals surface area contributed by atoms with Crippen LogP contribution in [0.4, 0.5) is 5.69 Å². The first-order valence-electron chi connectivity index (χ1n) is 10.3. The lowest BCUT2D eigenvalue weighted by molar-refractivity contribution is 0.0794. The van der Waals surface area contributed by atoms with Crippen molar-refractivity contribution in [2.24, 2.45) is 0 Å². The van der Waals surface area contributed by atoms with Gasteiger partial charge in [0, 0.05) is 25.0 Å². The molecule has 4 rings (SSSR count). The summed E-state index contributed by atoms with van der Waals surface area (Å²) in [4.78, 5) is 40.5. The number of amides is 2. The molecule has 154 valence electrons.